The Hall–Kier alpha value is -1.50. The van der Waals surface area contributed by atoms with Gasteiger partial charge < -0.3 is 11.1 Å². The third kappa shape index (κ3) is 3.23. The Morgan fingerprint density at radius 2 is 2.24 bits per heavy atom. The summed E-state index contributed by atoms with van der Waals surface area (Å²) in [5.41, 5.74) is 6.23. The first kappa shape index (κ1) is 15.9. The molecule has 1 aromatic carbocycles. The fourth-order valence-electron chi connectivity index (χ4n) is 2.19. The zero-order valence-electron chi connectivity index (χ0n) is 11.1. The van der Waals surface area contributed by atoms with Crippen LogP contribution in [0.3, 0.4) is 0 Å². The molecule has 112 valence electrons. The van der Waals surface area contributed by atoms with E-state index in [1.807, 2.05) is 6.07 Å². The number of carbonyl (C=O) groups excluding carboxylic acids is 1. The van der Waals surface area contributed by atoms with Crippen LogP contribution in [0.15, 0.2) is 29.6 Å². The number of nitrogens with zero attached hydrogens (tertiary/aromatic N) is 1. The van der Waals surface area contributed by atoms with Crippen molar-refractivity contribution in [3.05, 3.63) is 51.7 Å². The van der Waals surface area contributed by atoms with Gasteiger partial charge in [0.25, 0.3) is 5.91 Å². The van der Waals surface area contributed by atoms with Crippen molar-refractivity contribution >= 4 is 29.7 Å². The van der Waals surface area contributed by atoms with Gasteiger partial charge in [0.05, 0.1) is 5.54 Å². The highest BCUT2D eigenvalue weighted by Gasteiger charge is 2.46. The zero-order chi connectivity index (χ0) is 14.2. The molecule has 1 aliphatic carbocycles. The van der Waals surface area contributed by atoms with E-state index in [2.05, 4.69) is 10.3 Å². The second-order valence-corrected chi connectivity index (χ2v) is 5.82. The van der Waals surface area contributed by atoms with Crippen molar-refractivity contribution in [1.29, 1.82) is 0 Å². The number of amides is 1. The average molecular weight is 328 g/mol. The van der Waals surface area contributed by atoms with E-state index in [-0.39, 0.29) is 24.1 Å². The summed E-state index contributed by atoms with van der Waals surface area (Å²) in [7, 11) is 0. The molecular formula is C14H15ClFN3OS. The van der Waals surface area contributed by atoms with Crippen LogP contribution in [0.2, 0.25) is 0 Å². The quantitative estimate of drug-likeness (QED) is 0.907. The highest BCUT2D eigenvalue weighted by molar-refractivity contribution is 7.09. The van der Waals surface area contributed by atoms with Crippen LogP contribution in [-0.2, 0) is 12.1 Å². The second kappa shape index (κ2) is 6.09. The minimum Gasteiger partial charge on any atom is -0.341 e. The van der Waals surface area contributed by atoms with Gasteiger partial charge in [-0.1, -0.05) is 12.1 Å². The maximum atomic E-state index is 13.3. The molecule has 0 spiro atoms. The Balaban J connectivity index is 0.00000161. The third-order valence-corrected chi connectivity index (χ3v) is 4.31. The number of hydrogen-bond acceptors (Lipinski definition) is 4. The van der Waals surface area contributed by atoms with E-state index >= 15 is 0 Å². The summed E-state index contributed by atoms with van der Waals surface area (Å²) in [6.45, 7) is 0.326. The minimum absolute atomic E-state index is 0. The molecule has 1 aromatic heterocycles. The summed E-state index contributed by atoms with van der Waals surface area (Å²) in [6, 6.07) is 6.37. The number of hydrogen-bond donors (Lipinski definition) is 2. The molecule has 3 rings (SSSR count). The summed E-state index contributed by atoms with van der Waals surface area (Å²) in [5.74, 6) is -0.523. The van der Waals surface area contributed by atoms with Crippen LogP contribution in [0.25, 0.3) is 0 Å². The molecule has 0 atom stereocenters. The van der Waals surface area contributed by atoms with Crippen molar-refractivity contribution in [2.45, 2.75) is 24.9 Å². The smallest absolute Gasteiger partial charge is 0.271 e. The monoisotopic (exact) mass is 327 g/mol. The predicted molar refractivity (Wildman–Crippen MR) is 82.0 cm³/mol. The average Bonchev–Trinajstić information content (AvgIpc) is 3.06. The Bertz CT molecular complexity index is 657. The number of nitrogens with one attached hydrogen (secondary N) is 1. The largest absolute Gasteiger partial charge is 0.341 e. The lowest BCUT2D eigenvalue weighted by Gasteiger charge is -2.17. The molecule has 2 aromatic rings. The SMILES string of the molecule is Cl.NCc1nc(C(=O)NC2(c3cccc(F)c3)CC2)cs1. The number of rotatable bonds is 4. The van der Waals surface area contributed by atoms with E-state index in [1.54, 1.807) is 11.4 Å². The van der Waals surface area contributed by atoms with E-state index in [1.165, 1.54) is 23.5 Å². The molecule has 1 fully saturated rings. The highest BCUT2D eigenvalue weighted by Crippen LogP contribution is 2.45. The summed E-state index contributed by atoms with van der Waals surface area (Å²) < 4.78 is 13.3. The molecule has 1 amide bonds. The molecule has 0 radical (unpaired) electrons. The second-order valence-electron chi connectivity index (χ2n) is 4.88. The summed E-state index contributed by atoms with van der Waals surface area (Å²) >= 11 is 1.37. The van der Waals surface area contributed by atoms with Crippen LogP contribution in [0.1, 0.15) is 33.9 Å². The molecule has 21 heavy (non-hydrogen) atoms. The van der Waals surface area contributed by atoms with Crippen molar-refractivity contribution in [2.75, 3.05) is 0 Å². The first-order chi connectivity index (χ1) is 9.63. The third-order valence-electron chi connectivity index (χ3n) is 3.44. The van der Waals surface area contributed by atoms with Crippen molar-refractivity contribution in [3.63, 3.8) is 0 Å². The van der Waals surface area contributed by atoms with E-state index in [9.17, 15) is 9.18 Å². The normalized spacial score (nSPS) is 15.1. The molecule has 1 aliphatic rings. The van der Waals surface area contributed by atoms with Gasteiger partial charge in [0, 0.05) is 11.9 Å². The highest BCUT2D eigenvalue weighted by atomic mass is 35.5. The Morgan fingerprint density at radius 1 is 1.48 bits per heavy atom. The zero-order valence-corrected chi connectivity index (χ0v) is 12.8. The van der Waals surface area contributed by atoms with Crippen LogP contribution in [-0.4, -0.2) is 10.9 Å². The van der Waals surface area contributed by atoms with Gasteiger partial charge in [0.15, 0.2) is 0 Å². The molecule has 0 aliphatic heterocycles. The molecule has 7 heteroatoms. The number of halogens is 2. The standard InChI is InChI=1S/C14H14FN3OS.ClH/c15-10-3-1-2-9(6-10)14(4-5-14)18-13(19)11-8-20-12(7-16)17-11;/h1-3,6,8H,4-5,7,16H2,(H,18,19);1H. The van der Waals surface area contributed by atoms with E-state index < -0.39 is 5.54 Å². The number of benzene rings is 1. The molecule has 3 N–H and O–H groups in total. The topological polar surface area (TPSA) is 68.0 Å². The van der Waals surface area contributed by atoms with Gasteiger partial charge in [-0.25, -0.2) is 9.37 Å². The molecule has 0 bridgehead atoms. The van der Waals surface area contributed by atoms with Crippen molar-refractivity contribution in [3.8, 4) is 0 Å². The number of aromatic nitrogens is 1. The first-order valence-electron chi connectivity index (χ1n) is 6.36. The van der Waals surface area contributed by atoms with Gasteiger partial charge in [0.1, 0.15) is 16.5 Å². The molecule has 1 saturated carbocycles. The van der Waals surface area contributed by atoms with Gasteiger partial charge in [0.2, 0.25) is 0 Å². The lowest BCUT2D eigenvalue weighted by atomic mass is 10.0. The fourth-order valence-corrected chi connectivity index (χ4v) is 2.84. The number of carbonyl (C=O) groups is 1. The maximum Gasteiger partial charge on any atom is 0.271 e. The van der Waals surface area contributed by atoms with E-state index in [0.29, 0.717) is 12.2 Å². The molecular weight excluding hydrogens is 313 g/mol. The van der Waals surface area contributed by atoms with Crippen molar-refractivity contribution < 1.29 is 9.18 Å². The molecule has 0 unspecified atom stereocenters. The lowest BCUT2D eigenvalue weighted by molar-refractivity contribution is 0.0926. The van der Waals surface area contributed by atoms with E-state index in [4.69, 9.17) is 5.73 Å². The summed E-state index contributed by atoms with van der Waals surface area (Å²) in [6.07, 6.45) is 1.63. The molecule has 0 saturated heterocycles. The molecule has 1 heterocycles. The Morgan fingerprint density at radius 3 is 2.81 bits per heavy atom. The Kier molecular flexibility index (Phi) is 4.61. The lowest BCUT2D eigenvalue weighted by Crippen LogP contribution is -2.35. The maximum absolute atomic E-state index is 13.3. The Labute approximate surface area is 132 Å². The van der Waals surface area contributed by atoms with Gasteiger partial charge in [-0.3, -0.25) is 4.79 Å². The van der Waals surface area contributed by atoms with Crippen LogP contribution in [0, 0.1) is 5.82 Å². The fraction of sp³-hybridized carbons (Fsp3) is 0.286. The number of thiazole rings is 1. The van der Waals surface area contributed by atoms with Gasteiger partial charge >= 0.3 is 0 Å². The van der Waals surface area contributed by atoms with Crippen molar-refractivity contribution in [1.82, 2.24) is 10.3 Å². The van der Waals surface area contributed by atoms with Crippen molar-refractivity contribution in [2.24, 2.45) is 5.73 Å². The minimum atomic E-state index is -0.439. The van der Waals surface area contributed by atoms with Crippen LogP contribution in [0.5, 0.6) is 0 Å². The summed E-state index contributed by atoms with van der Waals surface area (Å²) in [4.78, 5) is 16.3. The van der Waals surface area contributed by atoms with Gasteiger partial charge in [-0.05, 0) is 30.5 Å². The van der Waals surface area contributed by atoms with E-state index in [0.717, 1.165) is 23.4 Å². The first-order valence-corrected chi connectivity index (χ1v) is 7.24. The molecule has 4 nitrogen and oxygen atoms in total. The number of nitrogens with two attached hydrogens (primary N) is 1. The van der Waals surface area contributed by atoms with Crippen LogP contribution < -0.4 is 11.1 Å². The van der Waals surface area contributed by atoms with Gasteiger partial charge in [-0.2, -0.15) is 0 Å². The van der Waals surface area contributed by atoms with Crippen LogP contribution >= 0.6 is 23.7 Å². The summed E-state index contributed by atoms with van der Waals surface area (Å²) in [5, 5.41) is 5.38. The van der Waals surface area contributed by atoms with Crippen LogP contribution in [0.4, 0.5) is 4.39 Å². The van der Waals surface area contributed by atoms with Gasteiger partial charge in [-0.15, -0.1) is 23.7 Å². The predicted octanol–water partition coefficient (Wildman–Crippen LogP) is 2.58.